The summed E-state index contributed by atoms with van der Waals surface area (Å²) in [5, 5.41) is 4.11. The highest BCUT2D eigenvalue weighted by Crippen LogP contribution is 2.38. The van der Waals surface area contributed by atoms with E-state index in [1.165, 1.54) is 19.3 Å². The van der Waals surface area contributed by atoms with Crippen molar-refractivity contribution >= 4 is 12.4 Å². The summed E-state index contributed by atoms with van der Waals surface area (Å²) in [5.41, 5.74) is 5.92. The van der Waals surface area contributed by atoms with E-state index in [2.05, 4.69) is 22.0 Å². The number of aromatic nitrogens is 2. The summed E-state index contributed by atoms with van der Waals surface area (Å²) in [6.45, 7) is 4.46. The SMILES string of the molecule is CCCN1CCCC1c1nc(C2(N)CCC2)no1.Cl. The molecule has 6 heteroatoms. The van der Waals surface area contributed by atoms with Crippen LogP contribution in [0, 0.1) is 0 Å². The zero-order valence-electron chi connectivity index (χ0n) is 11.5. The molecule has 0 spiro atoms. The third-order valence-electron chi connectivity index (χ3n) is 4.29. The maximum atomic E-state index is 6.23. The second kappa shape index (κ2) is 5.77. The zero-order chi connectivity index (χ0) is 12.6. The first-order valence-electron chi connectivity index (χ1n) is 7.10. The Balaban J connectivity index is 0.00000133. The summed E-state index contributed by atoms with van der Waals surface area (Å²) in [6, 6.07) is 0.315. The van der Waals surface area contributed by atoms with Crippen molar-refractivity contribution in [1.29, 1.82) is 0 Å². The number of nitrogens with two attached hydrogens (primary N) is 1. The predicted molar refractivity (Wildman–Crippen MR) is 75.1 cm³/mol. The number of hydrogen-bond acceptors (Lipinski definition) is 5. The van der Waals surface area contributed by atoms with Crippen LogP contribution >= 0.6 is 12.4 Å². The molecule has 108 valence electrons. The van der Waals surface area contributed by atoms with Crippen LogP contribution in [0.2, 0.25) is 0 Å². The van der Waals surface area contributed by atoms with Crippen LogP contribution < -0.4 is 5.73 Å². The van der Waals surface area contributed by atoms with E-state index in [0.29, 0.717) is 11.9 Å². The second-order valence-electron chi connectivity index (χ2n) is 5.66. The van der Waals surface area contributed by atoms with Crippen molar-refractivity contribution in [2.24, 2.45) is 5.73 Å². The molecule has 0 bridgehead atoms. The minimum absolute atomic E-state index is 0. The first-order chi connectivity index (χ1) is 8.73. The van der Waals surface area contributed by atoms with Gasteiger partial charge in [0.25, 0.3) is 0 Å². The van der Waals surface area contributed by atoms with E-state index < -0.39 is 0 Å². The molecule has 3 rings (SSSR count). The highest BCUT2D eigenvalue weighted by Gasteiger charge is 2.40. The topological polar surface area (TPSA) is 68.2 Å². The first kappa shape index (κ1) is 14.8. The molecule has 19 heavy (non-hydrogen) atoms. The molecule has 2 fully saturated rings. The second-order valence-corrected chi connectivity index (χ2v) is 5.66. The van der Waals surface area contributed by atoms with Crippen LogP contribution in [0.5, 0.6) is 0 Å². The van der Waals surface area contributed by atoms with E-state index in [1.807, 2.05) is 0 Å². The Labute approximate surface area is 120 Å². The Bertz CT molecular complexity index is 419. The Morgan fingerprint density at radius 2 is 2.21 bits per heavy atom. The van der Waals surface area contributed by atoms with E-state index in [1.54, 1.807) is 0 Å². The molecule has 2 N–H and O–H groups in total. The maximum Gasteiger partial charge on any atom is 0.244 e. The van der Waals surface area contributed by atoms with Crippen molar-refractivity contribution in [1.82, 2.24) is 15.0 Å². The van der Waals surface area contributed by atoms with Crippen LogP contribution in [0.3, 0.4) is 0 Å². The molecular formula is C13H23ClN4O. The van der Waals surface area contributed by atoms with Gasteiger partial charge in [0.15, 0.2) is 5.82 Å². The fraction of sp³-hybridized carbons (Fsp3) is 0.846. The minimum Gasteiger partial charge on any atom is -0.338 e. The summed E-state index contributed by atoms with van der Waals surface area (Å²) in [7, 11) is 0. The smallest absolute Gasteiger partial charge is 0.244 e. The van der Waals surface area contributed by atoms with Gasteiger partial charge >= 0.3 is 0 Å². The molecule has 1 atom stereocenters. The summed E-state index contributed by atoms with van der Waals surface area (Å²) < 4.78 is 5.46. The largest absolute Gasteiger partial charge is 0.338 e. The molecule has 0 amide bonds. The van der Waals surface area contributed by atoms with Gasteiger partial charge in [0.1, 0.15) is 0 Å². The van der Waals surface area contributed by atoms with Gasteiger partial charge in [0.05, 0.1) is 11.6 Å². The van der Waals surface area contributed by atoms with E-state index >= 15 is 0 Å². The van der Waals surface area contributed by atoms with E-state index in [-0.39, 0.29) is 17.9 Å². The molecule has 1 aromatic rings. The maximum absolute atomic E-state index is 6.23. The van der Waals surface area contributed by atoms with E-state index in [0.717, 1.165) is 38.2 Å². The Morgan fingerprint density at radius 3 is 2.84 bits per heavy atom. The predicted octanol–water partition coefficient (Wildman–Crippen LogP) is 2.38. The lowest BCUT2D eigenvalue weighted by Gasteiger charge is -2.34. The molecule has 0 radical (unpaired) electrons. The lowest BCUT2D eigenvalue weighted by atomic mass is 9.77. The molecule has 1 saturated carbocycles. The minimum atomic E-state index is -0.310. The molecule has 1 aromatic heterocycles. The van der Waals surface area contributed by atoms with Crippen LogP contribution in [0.25, 0.3) is 0 Å². The monoisotopic (exact) mass is 286 g/mol. The molecule has 0 aromatic carbocycles. The molecule has 1 unspecified atom stereocenters. The van der Waals surface area contributed by atoms with Gasteiger partial charge in [0.2, 0.25) is 5.89 Å². The molecule has 5 nitrogen and oxygen atoms in total. The molecule has 1 aliphatic heterocycles. The molecular weight excluding hydrogens is 264 g/mol. The highest BCUT2D eigenvalue weighted by molar-refractivity contribution is 5.85. The Morgan fingerprint density at radius 1 is 1.42 bits per heavy atom. The van der Waals surface area contributed by atoms with Crippen molar-refractivity contribution in [2.45, 2.75) is 57.0 Å². The van der Waals surface area contributed by atoms with Crippen LogP contribution in [-0.2, 0) is 5.54 Å². The highest BCUT2D eigenvalue weighted by atomic mass is 35.5. The fourth-order valence-electron chi connectivity index (χ4n) is 3.01. The third-order valence-corrected chi connectivity index (χ3v) is 4.29. The number of rotatable bonds is 4. The Hall–Kier alpha value is -0.650. The quantitative estimate of drug-likeness (QED) is 0.920. The molecule has 2 heterocycles. The summed E-state index contributed by atoms with van der Waals surface area (Å²) in [5.74, 6) is 1.49. The fourth-order valence-corrected chi connectivity index (χ4v) is 3.01. The van der Waals surface area contributed by atoms with Crippen molar-refractivity contribution in [3.8, 4) is 0 Å². The molecule has 1 aliphatic carbocycles. The third kappa shape index (κ3) is 2.64. The van der Waals surface area contributed by atoms with Gasteiger partial charge in [-0.15, -0.1) is 12.4 Å². The lowest BCUT2D eigenvalue weighted by Crippen LogP contribution is -2.44. The average Bonchev–Trinajstić information content (AvgIpc) is 2.94. The molecule has 1 saturated heterocycles. The first-order valence-corrected chi connectivity index (χ1v) is 7.10. The Kier molecular flexibility index (Phi) is 4.48. The summed E-state index contributed by atoms with van der Waals surface area (Å²) in [6.07, 6.45) is 6.64. The normalized spacial score (nSPS) is 25.9. The van der Waals surface area contributed by atoms with Gasteiger partial charge in [0, 0.05) is 0 Å². The van der Waals surface area contributed by atoms with Crippen LogP contribution in [-0.4, -0.2) is 28.1 Å². The number of likely N-dealkylation sites (tertiary alicyclic amines) is 1. The van der Waals surface area contributed by atoms with Gasteiger partial charge in [-0.1, -0.05) is 12.1 Å². The summed E-state index contributed by atoms with van der Waals surface area (Å²) >= 11 is 0. The summed E-state index contributed by atoms with van der Waals surface area (Å²) in [4.78, 5) is 7.02. The number of halogens is 1. The van der Waals surface area contributed by atoms with Crippen LogP contribution in [0.4, 0.5) is 0 Å². The van der Waals surface area contributed by atoms with E-state index in [4.69, 9.17) is 10.3 Å². The number of hydrogen-bond donors (Lipinski definition) is 1. The number of nitrogens with zero attached hydrogens (tertiary/aromatic N) is 3. The lowest BCUT2D eigenvalue weighted by molar-refractivity contribution is 0.204. The van der Waals surface area contributed by atoms with E-state index in [9.17, 15) is 0 Å². The van der Waals surface area contributed by atoms with Crippen LogP contribution in [0.1, 0.15) is 63.2 Å². The van der Waals surface area contributed by atoms with Gasteiger partial charge in [-0.25, -0.2) is 0 Å². The van der Waals surface area contributed by atoms with Crippen molar-refractivity contribution in [2.75, 3.05) is 13.1 Å². The van der Waals surface area contributed by atoms with Crippen molar-refractivity contribution < 1.29 is 4.52 Å². The van der Waals surface area contributed by atoms with Crippen molar-refractivity contribution in [3.63, 3.8) is 0 Å². The van der Waals surface area contributed by atoms with Crippen molar-refractivity contribution in [3.05, 3.63) is 11.7 Å². The van der Waals surface area contributed by atoms with Gasteiger partial charge in [-0.05, 0) is 51.6 Å². The van der Waals surface area contributed by atoms with Gasteiger partial charge < -0.3 is 10.3 Å². The van der Waals surface area contributed by atoms with Crippen LogP contribution in [0.15, 0.2) is 4.52 Å². The zero-order valence-corrected chi connectivity index (χ0v) is 12.3. The van der Waals surface area contributed by atoms with Gasteiger partial charge in [-0.2, -0.15) is 4.98 Å². The average molecular weight is 287 g/mol. The standard InChI is InChI=1S/C13H22N4O.ClH/c1-2-8-17-9-3-5-10(17)11-15-12(16-18-11)13(14)6-4-7-13;/h10H,2-9,14H2,1H3;1H. The molecule has 2 aliphatic rings. The van der Waals surface area contributed by atoms with Gasteiger partial charge in [-0.3, -0.25) is 4.90 Å².